The maximum Gasteiger partial charge on any atom is 0.0540 e. The van der Waals surface area contributed by atoms with Crippen LogP contribution in [0.2, 0.25) is 0 Å². The SMILES string of the molecule is CCn1c2ccccc2c2cc(-c3ccc(-c4ccc(N(c5ccccc5)c5ccc(-c6ccccc6)cc5)c5ccccc45)cc3)ccc21.CCn1c2ccccc2c2cc(-c3ccc(-c4cccc5c(N(c6ccccc6)c6ccc(-c7ccccc7)cc6)cccc45)cc3)ccc21.CCn1c2ccccc2c2cc(-c3cccc4c(-c5ccc(N(c6ccccc6)c6ccc(-c7ccccc7)cc6)cc5)cccc34)ccc21. The van der Waals surface area contributed by atoms with Crippen molar-refractivity contribution in [1.29, 1.82) is 0 Å². The molecule has 0 N–H and O–H groups in total. The molecule has 3 heterocycles. The van der Waals surface area contributed by atoms with Crippen LogP contribution in [-0.4, -0.2) is 13.7 Å². The third-order valence-electron chi connectivity index (χ3n) is 30.0. The molecule has 3 aromatic heterocycles. The van der Waals surface area contributed by atoms with Gasteiger partial charge < -0.3 is 28.4 Å². The number of benzene rings is 24. The van der Waals surface area contributed by atoms with Gasteiger partial charge in [-0.15, -0.1) is 0 Å². The highest BCUT2D eigenvalue weighted by molar-refractivity contribution is 6.15. The van der Waals surface area contributed by atoms with Gasteiger partial charge in [-0.2, -0.15) is 0 Å². The number of nitrogens with zero attached hydrogens (tertiary/aromatic N) is 6. The third-order valence-corrected chi connectivity index (χ3v) is 30.0. The van der Waals surface area contributed by atoms with E-state index in [4.69, 9.17) is 0 Å². The number of anilines is 9. The second-order valence-corrected chi connectivity index (χ2v) is 38.5. The lowest BCUT2D eigenvalue weighted by Crippen LogP contribution is -2.10. The molecule has 714 valence electrons. The zero-order chi connectivity index (χ0) is 100. The van der Waals surface area contributed by atoms with Crippen molar-refractivity contribution in [2.75, 3.05) is 14.7 Å². The predicted octanol–water partition coefficient (Wildman–Crippen LogP) is 40.3. The van der Waals surface area contributed by atoms with Crippen molar-refractivity contribution in [3.8, 4) is 100 Å². The molecular formula is C144H108N6. The molecule has 0 amide bonds. The largest absolute Gasteiger partial charge is 0.341 e. The Bertz CT molecular complexity index is 9230. The summed E-state index contributed by atoms with van der Waals surface area (Å²) in [5, 5.41) is 15.3. The van der Waals surface area contributed by atoms with Gasteiger partial charge in [-0.05, 0) is 294 Å². The van der Waals surface area contributed by atoms with Gasteiger partial charge in [0.2, 0.25) is 0 Å². The first-order valence-corrected chi connectivity index (χ1v) is 52.2. The lowest BCUT2D eigenvalue weighted by atomic mass is 9.92. The minimum atomic E-state index is 0.948. The molecule has 0 aliphatic heterocycles. The second-order valence-electron chi connectivity index (χ2n) is 38.5. The highest BCUT2D eigenvalue weighted by atomic mass is 15.2. The maximum atomic E-state index is 2.41. The van der Waals surface area contributed by atoms with Crippen LogP contribution in [0.4, 0.5) is 51.2 Å². The summed E-state index contributed by atoms with van der Waals surface area (Å²) in [6.07, 6.45) is 0. The average Bonchev–Trinajstić information content (AvgIpc) is 1.67. The molecular weight excluding hydrogens is 1810 g/mol. The van der Waals surface area contributed by atoms with Gasteiger partial charge in [0.1, 0.15) is 0 Å². The number of rotatable bonds is 21. The maximum absolute atomic E-state index is 2.41. The zero-order valence-corrected chi connectivity index (χ0v) is 84.0. The molecule has 6 nitrogen and oxygen atoms in total. The highest BCUT2D eigenvalue weighted by Crippen LogP contribution is 2.49. The first-order chi connectivity index (χ1) is 74.3. The van der Waals surface area contributed by atoms with E-state index in [0.717, 1.165) is 70.8 Å². The van der Waals surface area contributed by atoms with Crippen LogP contribution >= 0.6 is 0 Å². The topological polar surface area (TPSA) is 24.5 Å². The molecule has 0 spiro atoms. The highest BCUT2D eigenvalue weighted by Gasteiger charge is 2.24. The Morgan fingerprint density at radius 1 is 0.127 bits per heavy atom. The third kappa shape index (κ3) is 17.5. The summed E-state index contributed by atoms with van der Waals surface area (Å²) >= 11 is 0. The summed E-state index contributed by atoms with van der Waals surface area (Å²) in [5.74, 6) is 0. The van der Waals surface area contributed by atoms with E-state index in [1.54, 1.807) is 0 Å². The standard InChI is InChI=1S/3C48H36N2/c1-2-49-47-22-10-9-17-45(47)46-33-37(27-32-48(46)49)42-19-12-20-43-41(18-11-21-44(42)43)36-25-30-40(31-26-36)50(38-15-7-4-8-16-38)39-28-23-35(24-29-39)34-13-5-3-6-14-34;1-2-49-46-21-10-9-17-44(46)45-33-38(29-32-47(45)49)36-23-25-37(26-24-36)41-18-11-20-43-42(41)19-12-22-48(43)50(39-15-7-4-8-16-39)40-30-27-35(28-31-40)34-13-5-3-6-14-34;1-2-49-46-20-12-11-19-44(46)45-33-38(27-31-47(45)49)36-21-23-37(24-22-36)41-30-32-48(43-18-10-9-17-42(41)43)50(39-15-7-4-8-16-39)40-28-25-35(26-29-40)34-13-5-3-6-14-34/h3*3-33H,2H2,1H3. The Kier molecular flexibility index (Phi) is 25.0. The van der Waals surface area contributed by atoms with E-state index in [-0.39, 0.29) is 0 Å². The number of hydrogen-bond acceptors (Lipinski definition) is 3. The van der Waals surface area contributed by atoms with Crippen molar-refractivity contribution < 1.29 is 0 Å². The fourth-order valence-electron chi connectivity index (χ4n) is 22.8. The van der Waals surface area contributed by atoms with E-state index in [1.807, 2.05) is 0 Å². The minimum Gasteiger partial charge on any atom is -0.341 e. The Morgan fingerprint density at radius 2 is 0.333 bits per heavy atom. The lowest BCUT2D eigenvalue weighted by molar-refractivity contribution is 0.827. The van der Waals surface area contributed by atoms with Crippen LogP contribution in [0.5, 0.6) is 0 Å². The Morgan fingerprint density at radius 3 is 0.693 bits per heavy atom. The molecule has 0 aliphatic carbocycles. The fraction of sp³-hybridized carbons (Fsp3) is 0.0417. The smallest absolute Gasteiger partial charge is 0.0540 e. The number of hydrogen-bond donors (Lipinski definition) is 0. The Balaban J connectivity index is 0.000000116. The summed E-state index contributed by atoms with van der Waals surface area (Å²) in [4.78, 5) is 7.07. The van der Waals surface area contributed by atoms with Gasteiger partial charge in [-0.3, -0.25) is 0 Å². The van der Waals surface area contributed by atoms with E-state index in [1.165, 1.54) is 198 Å². The van der Waals surface area contributed by atoms with Crippen LogP contribution in [0.1, 0.15) is 20.8 Å². The molecule has 24 aromatic carbocycles. The number of aromatic nitrogens is 3. The molecule has 27 aromatic rings. The van der Waals surface area contributed by atoms with Crippen molar-refractivity contribution in [2.24, 2.45) is 0 Å². The van der Waals surface area contributed by atoms with Gasteiger partial charge in [0.15, 0.2) is 0 Å². The van der Waals surface area contributed by atoms with Crippen molar-refractivity contribution >= 4 is 149 Å². The minimum absolute atomic E-state index is 0.948. The molecule has 0 saturated heterocycles. The van der Waals surface area contributed by atoms with Crippen molar-refractivity contribution in [1.82, 2.24) is 13.7 Å². The van der Waals surface area contributed by atoms with Gasteiger partial charge in [-0.1, -0.05) is 413 Å². The molecule has 27 rings (SSSR count). The molecule has 0 fully saturated rings. The van der Waals surface area contributed by atoms with Crippen LogP contribution in [0.3, 0.4) is 0 Å². The number of para-hydroxylation sites is 6. The first kappa shape index (κ1) is 92.0. The molecule has 0 atom stereocenters. The summed E-state index contributed by atoms with van der Waals surface area (Å²) in [6.45, 7) is 9.52. The molecule has 150 heavy (non-hydrogen) atoms. The van der Waals surface area contributed by atoms with E-state index >= 15 is 0 Å². The predicted molar refractivity (Wildman–Crippen MR) is 641 cm³/mol. The average molecular weight is 1920 g/mol. The summed E-state index contributed by atoms with van der Waals surface area (Å²) in [5.41, 5.74) is 39.9. The van der Waals surface area contributed by atoms with Gasteiger partial charge in [0.05, 0.1) is 11.4 Å². The van der Waals surface area contributed by atoms with E-state index in [2.05, 4.69) is 613 Å². The van der Waals surface area contributed by atoms with Gasteiger partial charge in [0.25, 0.3) is 0 Å². The molecule has 0 radical (unpaired) electrons. The monoisotopic (exact) mass is 1920 g/mol. The normalized spacial score (nSPS) is 11.4. The quantitative estimate of drug-likeness (QED) is 0.0717. The molecule has 0 bridgehead atoms. The van der Waals surface area contributed by atoms with Gasteiger partial charge in [0, 0.05) is 136 Å². The first-order valence-electron chi connectivity index (χ1n) is 52.2. The zero-order valence-electron chi connectivity index (χ0n) is 84.0. The van der Waals surface area contributed by atoms with Crippen LogP contribution < -0.4 is 14.7 Å². The molecule has 6 heteroatoms. The van der Waals surface area contributed by atoms with Crippen LogP contribution in [0, 0.1) is 0 Å². The van der Waals surface area contributed by atoms with Gasteiger partial charge in [-0.25, -0.2) is 0 Å². The van der Waals surface area contributed by atoms with E-state index in [0.29, 0.717) is 0 Å². The molecule has 0 saturated carbocycles. The summed E-state index contributed by atoms with van der Waals surface area (Å²) in [7, 11) is 0. The van der Waals surface area contributed by atoms with Crippen molar-refractivity contribution in [3.05, 3.63) is 564 Å². The second kappa shape index (κ2) is 40.8. The van der Waals surface area contributed by atoms with Crippen molar-refractivity contribution in [3.63, 3.8) is 0 Å². The Labute approximate surface area is 875 Å². The summed E-state index contributed by atoms with van der Waals surface area (Å²) < 4.78 is 7.23. The fourth-order valence-corrected chi connectivity index (χ4v) is 22.8. The van der Waals surface area contributed by atoms with E-state index < -0.39 is 0 Å². The van der Waals surface area contributed by atoms with Gasteiger partial charge >= 0.3 is 0 Å². The van der Waals surface area contributed by atoms with Crippen LogP contribution in [0.25, 0.3) is 198 Å². The number of aryl methyl sites for hydroxylation is 3. The molecule has 0 aliphatic rings. The number of fused-ring (bicyclic) bond motifs is 12. The van der Waals surface area contributed by atoms with Crippen molar-refractivity contribution in [2.45, 2.75) is 40.4 Å². The summed E-state index contributed by atoms with van der Waals surface area (Å²) in [6, 6.07) is 205. The van der Waals surface area contributed by atoms with Crippen LogP contribution in [0.15, 0.2) is 564 Å². The molecule has 0 unspecified atom stereocenters. The van der Waals surface area contributed by atoms with Crippen LogP contribution in [-0.2, 0) is 19.6 Å². The lowest BCUT2D eigenvalue weighted by Gasteiger charge is -2.27. The van der Waals surface area contributed by atoms with E-state index in [9.17, 15) is 0 Å². The Hall–Kier alpha value is -19.1.